The molecule has 0 atom stereocenters. The van der Waals surface area contributed by atoms with Gasteiger partial charge in [0.25, 0.3) is 0 Å². The van der Waals surface area contributed by atoms with Crippen LogP contribution in [0.1, 0.15) is 118 Å². The van der Waals surface area contributed by atoms with Gasteiger partial charge in [0.15, 0.2) is 11.2 Å². The molecule has 0 unspecified atom stereocenters. The smallest absolute Gasteiger partial charge is 0.497 e. The van der Waals surface area contributed by atoms with E-state index in [1.54, 1.807) is 0 Å². The molecule has 0 bridgehead atoms. The first-order valence-corrected chi connectivity index (χ1v) is 29.3. The van der Waals surface area contributed by atoms with Crippen LogP contribution in [0.3, 0.4) is 0 Å². The zero-order valence-electron chi connectivity index (χ0n) is 49.6. The molecule has 14 rings (SSSR count). The van der Waals surface area contributed by atoms with Crippen molar-refractivity contribution in [1.82, 2.24) is 29.1 Å². The number of imidazole rings is 2. The van der Waals surface area contributed by atoms with Gasteiger partial charge < -0.3 is 22.7 Å². The fourth-order valence-corrected chi connectivity index (χ4v) is 12.6. The number of para-hydroxylation sites is 4. The molecule has 0 amide bonds. The van der Waals surface area contributed by atoms with E-state index in [1.165, 1.54) is 44.5 Å². The Hall–Kier alpha value is -8.91. The van der Waals surface area contributed by atoms with Gasteiger partial charge >= 0.3 is 21.1 Å². The molecule has 6 aromatic heterocycles. The molecule has 85 heavy (non-hydrogen) atoms. The first-order chi connectivity index (χ1) is 40.7. The van der Waals surface area contributed by atoms with Gasteiger partial charge in [-0.1, -0.05) is 164 Å². The van der Waals surface area contributed by atoms with Gasteiger partial charge in [0, 0.05) is 44.7 Å². The largest absolute Gasteiger partial charge is 2.00 e. The summed E-state index contributed by atoms with van der Waals surface area (Å²) in [5.74, 6) is 3.07. The van der Waals surface area contributed by atoms with Crippen molar-refractivity contribution in [2.45, 2.75) is 99.8 Å². The predicted molar refractivity (Wildman–Crippen MR) is 342 cm³/mol. The number of hydrogen-bond acceptors (Lipinski definition) is 7. The monoisotopic (exact) mass is 1290 g/mol. The minimum atomic E-state index is 0. The van der Waals surface area contributed by atoms with Crippen LogP contribution in [-0.4, -0.2) is 29.1 Å². The standard InChI is InChI=1S/C75H64N6O3.Pt/c1-41(2)55-35-51(48-23-14-12-15-24-48)36-56(42(3)4)68(55)80-64-31-20-18-29-62(64)78-73(80)50-27-22-28-53(34-50)82-54-39-60-67-66-59-33-45(9)76-46(10)70(59)83-71(66)47(11)77-75(67)84-72(60)61(40-54)74-79-63-30-19-21-32-65(63)81(74)69-57(43(5)6)37-52(38-58(69)44(7)8)49-25-16-13-17-26-49;/h12-33,35-39,41-44H,1-11H3;/q-2;+2. The molecule has 0 radical (unpaired) electrons. The summed E-state index contributed by atoms with van der Waals surface area (Å²) < 4.78 is 25.8. The summed E-state index contributed by atoms with van der Waals surface area (Å²) in [6.45, 7) is 24.2. The van der Waals surface area contributed by atoms with Gasteiger partial charge in [-0.25, -0.2) is 4.98 Å². The fourth-order valence-electron chi connectivity index (χ4n) is 12.6. The molecule has 8 aromatic carbocycles. The first kappa shape index (κ1) is 55.3. The zero-order valence-corrected chi connectivity index (χ0v) is 51.9. The number of hydrogen-bond donors (Lipinski definition) is 0. The summed E-state index contributed by atoms with van der Waals surface area (Å²) in [6.07, 6.45) is 0. The van der Waals surface area contributed by atoms with E-state index >= 15 is 0 Å². The van der Waals surface area contributed by atoms with Crippen LogP contribution in [0.4, 0.5) is 0 Å². The number of nitrogens with zero attached hydrogens (tertiary/aromatic N) is 6. The molecule has 0 saturated heterocycles. The fraction of sp³-hybridized carbons (Fsp3) is 0.200. The second-order valence-corrected chi connectivity index (χ2v) is 23.7. The number of pyridine rings is 2. The van der Waals surface area contributed by atoms with Gasteiger partial charge in [-0.05, 0) is 149 Å². The average molecular weight is 1290 g/mol. The topological polar surface area (TPSA) is 96.9 Å². The number of fused-ring (bicyclic) bond motifs is 9. The molecule has 422 valence electrons. The average Bonchev–Trinajstić information content (AvgIpc) is 1.67. The SMILES string of the molecule is Cc1cc2c(oc3c(C)nc4oc5c(-c6nc7ccccc7n6-c6c(C(C)C)cc(-c7ccccc7)cc6C(C)C)[c-]c(Oc6[c-]c(-c7nc8ccccc8n7-c7c(C(C)C)cc(-c8ccccc8)cc7C(C)C)ccc6)cc5c4c32)c(C)n1.[Pt+2]. The van der Waals surface area contributed by atoms with E-state index in [1.807, 2.05) is 45.0 Å². The molecule has 10 heteroatoms. The second-order valence-electron chi connectivity index (χ2n) is 23.7. The van der Waals surface area contributed by atoms with Gasteiger partial charge in [0.05, 0.1) is 50.7 Å². The van der Waals surface area contributed by atoms with Crippen molar-refractivity contribution in [3.8, 4) is 67.9 Å². The van der Waals surface area contributed by atoms with Crippen LogP contribution in [0.5, 0.6) is 11.5 Å². The Morgan fingerprint density at radius 1 is 0.424 bits per heavy atom. The summed E-state index contributed by atoms with van der Waals surface area (Å²) in [4.78, 5) is 21.0. The number of furan rings is 2. The third-order valence-electron chi connectivity index (χ3n) is 16.6. The number of rotatable bonds is 12. The van der Waals surface area contributed by atoms with Gasteiger partial charge in [-0.2, -0.15) is 0 Å². The van der Waals surface area contributed by atoms with E-state index in [0.717, 1.165) is 83.3 Å². The molecule has 0 fully saturated rings. The molecule has 6 heterocycles. The van der Waals surface area contributed by atoms with Crippen molar-refractivity contribution in [2.24, 2.45) is 0 Å². The molecule has 0 N–H and O–H groups in total. The molecule has 14 aromatic rings. The van der Waals surface area contributed by atoms with Gasteiger partial charge in [0.2, 0.25) is 5.71 Å². The van der Waals surface area contributed by atoms with E-state index in [4.69, 9.17) is 33.5 Å². The summed E-state index contributed by atoms with van der Waals surface area (Å²) in [5.41, 5.74) is 21.8. The Bertz CT molecular complexity index is 4870. The van der Waals surface area contributed by atoms with Crippen molar-refractivity contribution in [1.29, 1.82) is 0 Å². The van der Waals surface area contributed by atoms with Crippen LogP contribution in [0.15, 0.2) is 173 Å². The molecule has 0 spiro atoms. The van der Waals surface area contributed by atoms with Crippen molar-refractivity contribution in [2.75, 3.05) is 0 Å². The molecule has 9 nitrogen and oxygen atoms in total. The van der Waals surface area contributed by atoms with Gasteiger partial charge in [-0.15, -0.1) is 23.8 Å². The van der Waals surface area contributed by atoms with Crippen molar-refractivity contribution in [3.05, 3.63) is 215 Å². The second kappa shape index (κ2) is 21.6. The van der Waals surface area contributed by atoms with E-state index in [0.29, 0.717) is 45.5 Å². The van der Waals surface area contributed by atoms with Crippen LogP contribution < -0.4 is 4.74 Å². The van der Waals surface area contributed by atoms with Crippen molar-refractivity contribution >= 4 is 66.1 Å². The van der Waals surface area contributed by atoms with Gasteiger partial charge in [0.1, 0.15) is 0 Å². The minimum Gasteiger partial charge on any atom is -0.497 e. The molecular weight excluding hydrogens is 1230 g/mol. The maximum atomic E-state index is 7.21. The maximum Gasteiger partial charge on any atom is 2.00 e. The zero-order chi connectivity index (χ0) is 57.8. The van der Waals surface area contributed by atoms with Crippen LogP contribution in [0.25, 0.3) is 122 Å². The third kappa shape index (κ3) is 9.35. The molecule has 0 aliphatic heterocycles. The van der Waals surface area contributed by atoms with E-state index in [2.05, 4.69) is 216 Å². The van der Waals surface area contributed by atoms with Crippen LogP contribution >= 0.6 is 0 Å². The summed E-state index contributed by atoms with van der Waals surface area (Å²) in [5, 5.41) is 3.44. The van der Waals surface area contributed by atoms with Crippen molar-refractivity contribution < 1.29 is 34.6 Å². The Morgan fingerprint density at radius 3 is 1.47 bits per heavy atom. The normalized spacial score (nSPS) is 12.0. The Balaban J connectivity index is 0.00000672. The Kier molecular flexibility index (Phi) is 14.1. The van der Waals surface area contributed by atoms with E-state index < -0.39 is 0 Å². The number of ether oxygens (including phenoxy) is 1. The van der Waals surface area contributed by atoms with Gasteiger partial charge in [-0.3, -0.25) is 15.0 Å². The molecule has 0 saturated carbocycles. The minimum absolute atomic E-state index is 0. The number of benzene rings is 8. The third-order valence-corrected chi connectivity index (χ3v) is 16.6. The van der Waals surface area contributed by atoms with Crippen molar-refractivity contribution in [3.63, 3.8) is 0 Å². The Morgan fingerprint density at radius 2 is 0.918 bits per heavy atom. The predicted octanol–water partition coefficient (Wildman–Crippen LogP) is 20.4. The van der Waals surface area contributed by atoms with E-state index in [-0.39, 0.29) is 44.7 Å². The summed E-state index contributed by atoms with van der Waals surface area (Å²) in [7, 11) is 0. The summed E-state index contributed by atoms with van der Waals surface area (Å²) in [6, 6.07) is 65.3. The van der Waals surface area contributed by atoms with Crippen LogP contribution in [0, 0.1) is 32.9 Å². The maximum absolute atomic E-state index is 7.21. The first-order valence-electron chi connectivity index (χ1n) is 29.3. The van der Waals surface area contributed by atoms with Crippen LogP contribution in [-0.2, 0) is 21.1 Å². The molecular formula is C75H64N6O3Pt. The quantitative estimate of drug-likeness (QED) is 0.112. The van der Waals surface area contributed by atoms with E-state index in [9.17, 15) is 0 Å². The summed E-state index contributed by atoms with van der Waals surface area (Å²) >= 11 is 0. The number of aromatic nitrogens is 6. The molecule has 0 aliphatic rings. The Labute approximate surface area is 509 Å². The molecule has 0 aliphatic carbocycles. The number of aryl methyl sites for hydroxylation is 3. The van der Waals surface area contributed by atoms with Crippen LogP contribution in [0.2, 0.25) is 0 Å².